The highest BCUT2D eigenvalue weighted by Crippen LogP contribution is 2.37. The molecule has 0 saturated carbocycles. The van der Waals surface area contributed by atoms with Gasteiger partial charge in [-0.1, -0.05) is 95.6 Å². The number of ether oxygens (including phenoxy) is 3. The number of hydrogen-bond donors (Lipinski definition) is 0. The van der Waals surface area contributed by atoms with Crippen LogP contribution in [0.5, 0.6) is 11.5 Å². The van der Waals surface area contributed by atoms with Crippen LogP contribution >= 0.6 is 11.6 Å². The predicted molar refractivity (Wildman–Crippen MR) is 208 cm³/mol. The first-order valence-electron chi connectivity index (χ1n) is 17.8. The fraction of sp³-hybridized carbons (Fsp3) is 0.419. The van der Waals surface area contributed by atoms with Crippen LogP contribution in [0.25, 0.3) is 5.57 Å². The summed E-state index contributed by atoms with van der Waals surface area (Å²) >= 11 is 6.94. The number of hydrogen-bond acceptors (Lipinski definition) is 5. The molecule has 1 aliphatic heterocycles. The summed E-state index contributed by atoms with van der Waals surface area (Å²) in [7, 11) is 5.08. The quantitative estimate of drug-likeness (QED) is 0.175. The highest BCUT2D eigenvalue weighted by molar-refractivity contribution is 6.35. The summed E-state index contributed by atoms with van der Waals surface area (Å²) in [5.41, 5.74) is 7.98. The Hall–Kier alpha value is -4.00. The second-order valence-electron chi connectivity index (χ2n) is 13.7. The molecule has 6 nitrogen and oxygen atoms in total. The fourth-order valence-corrected chi connectivity index (χ4v) is 6.88. The molecule has 0 radical (unpaired) electrons. The number of amides is 1. The molecule has 4 rings (SSSR count). The number of aryl methyl sites for hydroxylation is 1. The summed E-state index contributed by atoms with van der Waals surface area (Å²) < 4.78 is 17.3. The third-order valence-corrected chi connectivity index (χ3v) is 9.80. The number of rotatable bonds is 16. The monoisotopic (exact) mass is 698 g/mol. The third-order valence-electron chi connectivity index (χ3n) is 9.43. The van der Waals surface area contributed by atoms with Crippen LogP contribution in [-0.2, 0) is 11.2 Å². The normalized spacial score (nSPS) is 16.4. The Morgan fingerprint density at radius 3 is 2.50 bits per heavy atom. The highest BCUT2D eigenvalue weighted by Gasteiger charge is 2.29. The fourth-order valence-electron chi connectivity index (χ4n) is 6.54. The molecule has 7 heteroatoms. The summed E-state index contributed by atoms with van der Waals surface area (Å²) in [6.07, 6.45) is 16.5. The molecular weight excluding hydrogens is 644 g/mol. The molecule has 0 aromatic heterocycles. The van der Waals surface area contributed by atoms with Gasteiger partial charge in [0.25, 0.3) is 5.91 Å². The van der Waals surface area contributed by atoms with E-state index in [1.165, 1.54) is 0 Å². The van der Waals surface area contributed by atoms with Crippen molar-refractivity contribution in [3.8, 4) is 11.5 Å². The van der Waals surface area contributed by atoms with Crippen LogP contribution in [0.15, 0.2) is 102 Å². The van der Waals surface area contributed by atoms with E-state index in [-0.39, 0.29) is 17.9 Å². The van der Waals surface area contributed by atoms with Crippen molar-refractivity contribution in [1.82, 2.24) is 9.80 Å². The second kappa shape index (κ2) is 18.3. The lowest BCUT2D eigenvalue weighted by molar-refractivity contribution is 0.0759. The van der Waals surface area contributed by atoms with Crippen molar-refractivity contribution in [3.05, 3.63) is 124 Å². The standard InChI is InChI=1S/C43H55ClN2O4/c1-10-14-32-18-20-37(41(44)42(32)50-9)43(47)45(24-22-29(2)3)28-38(30(4)5)39(46-23-12-11-15-31(46)6)27-35-25-34(19-21-40(35)49-8)33-16-13-17-36(26-33)48-7/h11-13,15-20,23,25-26,29-30,40H,6,10,14,21-22,24,27-28H2,1-5,7-9H3/b39-38-. The zero-order chi connectivity index (χ0) is 36.4. The Morgan fingerprint density at radius 1 is 1.08 bits per heavy atom. The van der Waals surface area contributed by atoms with E-state index in [0.29, 0.717) is 41.8 Å². The molecule has 2 aromatic carbocycles. The molecule has 0 spiro atoms. The van der Waals surface area contributed by atoms with Gasteiger partial charge >= 0.3 is 0 Å². The van der Waals surface area contributed by atoms with Crippen LogP contribution in [0.2, 0.25) is 5.02 Å². The first-order valence-corrected chi connectivity index (χ1v) is 18.2. The maximum Gasteiger partial charge on any atom is 0.255 e. The van der Waals surface area contributed by atoms with Crippen molar-refractivity contribution in [2.45, 2.75) is 72.8 Å². The van der Waals surface area contributed by atoms with E-state index >= 15 is 0 Å². The molecule has 1 heterocycles. The van der Waals surface area contributed by atoms with Gasteiger partial charge in [0.2, 0.25) is 0 Å². The van der Waals surface area contributed by atoms with Crippen LogP contribution in [0.1, 0.15) is 81.8 Å². The Bertz CT molecular complexity index is 1680. The molecule has 2 aliphatic rings. The van der Waals surface area contributed by atoms with E-state index < -0.39 is 0 Å². The van der Waals surface area contributed by atoms with Gasteiger partial charge in [0.05, 0.1) is 30.9 Å². The molecule has 0 N–H and O–H groups in total. The Morgan fingerprint density at radius 2 is 1.86 bits per heavy atom. The number of benzene rings is 2. The Kier molecular flexibility index (Phi) is 14.2. The summed E-state index contributed by atoms with van der Waals surface area (Å²) in [4.78, 5) is 18.7. The number of methoxy groups -OCH3 is 3. The van der Waals surface area contributed by atoms with Crippen molar-refractivity contribution in [3.63, 3.8) is 0 Å². The maximum atomic E-state index is 14.5. The van der Waals surface area contributed by atoms with Gasteiger partial charge in [-0.2, -0.15) is 0 Å². The average Bonchev–Trinajstić information content (AvgIpc) is 3.11. The molecule has 1 aliphatic carbocycles. The van der Waals surface area contributed by atoms with E-state index in [1.54, 1.807) is 21.3 Å². The lowest BCUT2D eigenvalue weighted by Crippen LogP contribution is -2.37. The second-order valence-corrected chi connectivity index (χ2v) is 14.1. The van der Waals surface area contributed by atoms with E-state index in [4.69, 9.17) is 25.8 Å². The zero-order valence-corrected chi connectivity index (χ0v) is 32.0. The largest absolute Gasteiger partial charge is 0.497 e. The van der Waals surface area contributed by atoms with Crippen molar-refractivity contribution < 1.29 is 19.0 Å². The Balaban J connectivity index is 1.83. The summed E-state index contributed by atoms with van der Waals surface area (Å²) in [5, 5.41) is 0.373. The van der Waals surface area contributed by atoms with Gasteiger partial charge in [-0.25, -0.2) is 0 Å². The summed E-state index contributed by atoms with van der Waals surface area (Å²) in [5.74, 6) is 1.85. The molecule has 1 atom stereocenters. The number of carbonyl (C=O) groups excluding carboxylic acids is 1. The van der Waals surface area contributed by atoms with Crippen molar-refractivity contribution in [2.75, 3.05) is 34.4 Å². The minimum Gasteiger partial charge on any atom is -0.497 e. The van der Waals surface area contributed by atoms with Gasteiger partial charge in [-0.15, -0.1) is 0 Å². The van der Waals surface area contributed by atoms with Crippen molar-refractivity contribution >= 4 is 23.1 Å². The molecule has 0 bridgehead atoms. The zero-order valence-electron chi connectivity index (χ0n) is 31.2. The minimum absolute atomic E-state index is 0.0862. The van der Waals surface area contributed by atoms with Gasteiger partial charge in [0, 0.05) is 44.2 Å². The third kappa shape index (κ3) is 9.41. The molecule has 1 amide bonds. The molecule has 0 fully saturated rings. The van der Waals surface area contributed by atoms with Crippen LogP contribution in [-0.4, -0.2) is 56.2 Å². The smallest absolute Gasteiger partial charge is 0.255 e. The first-order chi connectivity index (χ1) is 24.0. The molecule has 2 aromatic rings. The average molecular weight is 699 g/mol. The minimum atomic E-state index is -0.0997. The van der Waals surface area contributed by atoms with E-state index in [1.807, 2.05) is 47.4 Å². The lowest BCUT2D eigenvalue weighted by Gasteiger charge is -2.35. The molecule has 0 saturated heterocycles. The number of carbonyl (C=O) groups is 1. The SMILES string of the molecule is C=C1C=CC=CN1/C(CC1=CC(c2cccc(OC)c2)=CCC1OC)=C(/CN(CCC(C)C)C(=O)c1ccc(CCC)c(OC)c1Cl)C(C)C. The number of halogens is 1. The first kappa shape index (κ1) is 38.8. The number of nitrogens with zero attached hydrogens (tertiary/aromatic N) is 2. The van der Waals surface area contributed by atoms with Gasteiger partial charge in [0.1, 0.15) is 11.5 Å². The van der Waals surface area contributed by atoms with Gasteiger partial charge in [-0.3, -0.25) is 4.79 Å². The number of allylic oxidation sites excluding steroid dienone is 6. The Labute approximate surface area is 305 Å². The van der Waals surface area contributed by atoms with Crippen molar-refractivity contribution in [1.29, 1.82) is 0 Å². The lowest BCUT2D eigenvalue weighted by atomic mass is 9.87. The van der Waals surface area contributed by atoms with Crippen LogP contribution in [0.4, 0.5) is 0 Å². The van der Waals surface area contributed by atoms with E-state index in [0.717, 1.165) is 70.7 Å². The topological polar surface area (TPSA) is 51.2 Å². The predicted octanol–water partition coefficient (Wildman–Crippen LogP) is 10.4. The van der Waals surface area contributed by atoms with E-state index in [2.05, 4.69) is 76.6 Å². The van der Waals surface area contributed by atoms with Crippen molar-refractivity contribution in [2.24, 2.45) is 11.8 Å². The van der Waals surface area contributed by atoms with Gasteiger partial charge in [-0.05, 0) is 89.3 Å². The summed E-state index contributed by atoms with van der Waals surface area (Å²) in [6.45, 7) is 16.3. The highest BCUT2D eigenvalue weighted by atomic mass is 35.5. The molecular formula is C43H55ClN2O4. The van der Waals surface area contributed by atoms with Gasteiger partial charge in [0.15, 0.2) is 0 Å². The van der Waals surface area contributed by atoms with Crippen LogP contribution in [0, 0.1) is 11.8 Å². The maximum absolute atomic E-state index is 14.5. The molecule has 1 unspecified atom stereocenters. The van der Waals surface area contributed by atoms with Gasteiger partial charge < -0.3 is 24.0 Å². The van der Waals surface area contributed by atoms with Crippen LogP contribution < -0.4 is 9.47 Å². The van der Waals surface area contributed by atoms with E-state index in [9.17, 15) is 4.79 Å². The molecule has 268 valence electrons. The van der Waals surface area contributed by atoms with Crippen LogP contribution in [0.3, 0.4) is 0 Å². The summed E-state index contributed by atoms with van der Waals surface area (Å²) in [6, 6.07) is 12.0. The molecule has 50 heavy (non-hydrogen) atoms.